The molecule has 1 aromatic heterocycles. The Hall–Kier alpha value is -3.47. The van der Waals surface area contributed by atoms with Gasteiger partial charge >= 0.3 is 0 Å². The highest BCUT2D eigenvalue weighted by Gasteiger charge is 2.22. The molecule has 144 valence electrons. The molecule has 0 bridgehead atoms. The standard InChI is InChI=1S/C17H14N4O6S/c1-10-12(7-13(20(22)23)8-15(10)21(24)25)9-28-17-19-18-16(27-17)11-3-5-14(26-2)6-4-11/h3-8H,9H2,1-2H3. The number of methoxy groups -OCH3 is 1. The first kappa shape index (κ1) is 19.3. The predicted octanol–water partition coefficient (Wildman–Crippen LogP) is 4.16. The fourth-order valence-corrected chi connectivity index (χ4v) is 3.26. The lowest BCUT2D eigenvalue weighted by Gasteiger charge is -2.05. The van der Waals surface area contributed by atoms with E-state index >= 15 is 0 Å². The topological polar surface area (TPSA) is 134 Å². The average molecular weight is 402 g/mol. The quantitative estimate of drug-likeness (QED) is 0.324. The van der Waals surface area contributed by atoms with Crippen LogP contribution in [0.2, 0.25) is 0 Å². The van der Waals surface area contributed by atoms with E-state index in [2.05, 4.69) is 10.2 Å². The number of ether oxygens (including phenoxy) is 1. The maximum absolute atomic E-state index is 11.2. The molecule has 0 atom stereocenters. The number of nitrogens with zero attached hydrogens (tertiary/aromatic N) is 4. The summed E-state index contributed by atoms with van der Waals surface area (Å²) in [7, 11) is 1.57. The molecule has 3 rings (SSSR count). The fraction of sp³-hybridized carbons (Fsp3) is 0.176. The van der Waals surface area contributed by atoms with Crippen molar-refractivity contribution in [2.45, 2.75) is 17.9 Å². The van der Waals surface area contributed by atoms with Gasteiger partial charge in [0.1, 0.15) is 5.75 Å². The maximum atomic E-state index is 11.2. The molecule has 0 aliphatic rings. The molecule has 0 unspecified atom stereocenters. The molecule has 0 amide bonds. The van der Waals surface area contributed by atoms with Crippen LogP contribution < -0.4 is 4.74 Å². The molecule has 0 saturated heterocycles. The zero-order valence-corrected chi connectivity index (χ0v) is 15.6. The zero-order chi connectivity index (χ0) is 20.3. The number of aromatic nitrogens is 2. The minimum Gasteiger partial charge on any atom is -0.497 e. The van der Waals surface area contributed by atoms with Gasteiger partial charge in [0.05, 0.1) is 23.0 Å². The number of nitro benzene ring substituents is 2. The van der Waals surface area contributed by atoms with Gasteiger partial charge < -0.3 is 9.15 Å². The Labute approximate surface area is 162 Å². The second-order valence-electron chi connectivity index (χ2n) is 5.65. The van der Waals surface area contributed by atoms with Crippen molar-refractivity contribution in [3.05, 3.63) is 67.8 Å². The average Bonchev–Trinajstić information content (AvgIpc) is 3.15. The summed E-state index contributed by atoms with van der Waals surface area (Å²) in [6, 6.07) is 9.34. The van der Waals surface area contributed by atoms with Gasteiger partial charge in [-0.3, -0.25) is 20.2 Å². The van der Waals surface area contributed by atoms with E-state index in [9.17, 15) is 20.2 Å². The smallest absolute Gasteiger partial charge is 0.279 e. The van der Waals surface area contributed by atoms with Gasteiger partial charge in [0.15, 0.2) is 0 Å². The largest absolute Gasteiger partial charge is 0.497 e. The Balaban J connectivity index is 1.80. The van der Waals surface area contributed by atoms with Gasteiger partial charge in [-0.1, -0.05) is 11.8 Å². The third-order valence-corrected chi connectivity index (χ3v) is 4.84. The summed E-state index contributed by atoms with van der Waals surface area (Å²) in [6.45, 7) is 1.55. The first-order valence-electron chi connectivity index (χ1n) is 7.92. The Morgan fingerprint density at radius 2 is 1.82 bits per heavy atom. The summed E-state index contributed by atoms with van der Waals surface area (Å²) in [5, 5.41) is 30.4. The molecule has 0 aliphatic carbocycles. The van der Waals surface area contributed by atoms with Gasteiger partial charge in [0, 0.05) is 22.9 Å². The molecule has 0 N–H and O–H groups in total. The van der Waals surface area contributed by atoms with E-state index in [0.29, 0.717) is 28.3 Å². The van der Waals surface area contributed by atoms with Gasteiger partial charge in [-0.15, -0.1) is 10.2 Å². The van der Waals surface area contributed by atoms with E-state index in [1.54, 1.807) is 38.3 Å². The molecule has 11 heteroatoms. The van der Waals surface area contributed by atoms with Crippen molar-refractivity contribution >= 4 is 23.1 Å². The van der Waals surface area contributed by atoms with Crippen LogP contribution in [0.25, 0.3) is 11.5 Å². The Bertz CT molecular complexity index is 1030. The van der Waals surface area contributed by atoms with Crippen LogP contribution in [-0.4, -0.2) is 27.2 Å². The summed E-state index contributed by atoms with van der Waals surface area (Å²) in [4.78, 5) is 20.9. The van der Waals surface area contributed by atoms with Gasteiger partial charge in [-0.2, -0.15) is 0 Å². The van der Waals surface area contributed by atoms with Crippen LogP contribution >= 0.6 is 11.8 Å². The molecule has 28 heavy (non-hydrogen) atoms. The molecule has 3 aromatic rings. The second-order valence-corrected chi connectivity index (χ2v) is 6.58. The Morgan fingerprint density at radius 3 is 2.43 bits per heavy atom. The van der Waals surface area contributed by atoms with Gasteiger partial charge in [-0.05, 0) is 36.8 Å². The van der Waals surface area contributed by atoms with Crippen molar-refractivity contribution in [2.24, 2.45) is 0 Å². The molecule has 0 spiro atoms. The molecule has 0 aliphatic heterocycles. The van der Waals surface area contributed by atoms with Crippen LogP contribution in [0.15, 0.2) is 46.0 Å². The van der Waals surface area contributed by atoms with Crippen LogP contribution in [0, 0.1) is 27.2 Å². The minimum atomic E-state index is -0.658. The summed E-state index contributed by atoms with van der Waals surface area (Å²) < 4.78 is 10.7. The van der Waals surface area contributed by atoms with E-state index in [1.807, 2.05) is 0 Å². The van der Waals surface area contributed by atoms with Gasteiger partial charge in [0.25, 0.3) is 16.6 Å². The van der Waals surface area contributed by atoms with Crippen molar-refractivity contribution < 1.29 is 19.0 Å². The maximum Gasteiger partial charge on any atom is 0.279 e. The van der Waals surface area contributed by atoms with Gasteiger partial charge in [0.2, 0.25) is 5.89 Å². The van der Waals surface area contributed by atoms with Crippen LogP contribution in [0.4, 0.5) is 11.4 Å². The van der Waals surface area contributed by atoms with Crippen molar-refractivity contribution in [1.82, 2.24) is 10.2 Å². The van der Waals surface area contributed by atoms with E-state index in [1.165, 1.54) is 6.07 Å². The highest BCUT2D eigenvalue weighted by atomic mass is 32.2. The third-order valence-electron chi connectivity index (χ3n) is 3.97. The molecule has 0 radical (unpaired) electrons. The van der Waals surface area contributed by atoms with Crippen LogP contribution in [0.1, 0.15) is 11.1 Å². The second kappa shape index (κ2) is 8.05. The van der Waals surface area contributed by atoms with Crippen molar-refractivity contribution in [3.8, 4) is 17.2 Å². The fourth-order valence-electron chi connectivity index (χ4n) is 2.44. The highest BCUT2D eigenvalue weighted by Crippen LogP contribution is 2.33. The van der Waals surface area contributed by atoms with Crippen molar-refractivity contribution in [1.29, 1.82) is 0 Å². The number of thioether (sulfide) groups is 1. The van der Waals surface area contributed by atoms with Crippen LogP contribution in [-0.2, 0) is 5.75 Å². The molecule has 2 aromatic carbocycles. The molecule has 1 heterocycles. The van der Waals surface area contributed by atoms with E-state index < -0.39 is 9.85 Å². The summed E-state index contributed by atoms with van der Waals surface area (Å²) in [5.74, 6) is 1.21. The number of nitro groups is 2. The Morgan fingerprint density at radius 1 is 1.11 bits per heavy atom. The van der Waals surface area contributed by atoms with Crippen LogP contribution in [0.5, 0.6) is 5.75 Å². The van der Waals surface area contributed by atoms with Crippen molar-refractivity contribution in [2.75, 3.05) is 7.11 Å². The number of hydrogen-bond acceptors (Lipinski definition) is 9. The first-order valence-corrected chi connectivity index (χ1v) is 8.90. The zero-order valence-electron chi connectivity index (χ0n) is 14.8. The molecular weight excluding hydrogens is 388 g/mol. The third kappa shape index (κ3) is 4.09. The summed E-state index contributed by atoms with van der Waals surface area (Å²) >= 11 is 1.14. The lowest BCUT2D eigenvalue weighted by Crippen LogP contribution is -1.99. The van der Waals surface area contributed by atoms with E-state index in [4.69, 9.17) is 9.15 Å². The van der Waals surface area contributed by atoms with Gasteiger partial charge in [-0.25, -0.2) is 0 Å². The number of benzene rings is 2. The monoisotopic (exact) mass is 402 g/mol. The predicted molar refractivity (Wildman–Crippen MR) is 100 cm³/mol. The number of rotatable bonds is 7. The lowest BCUT2D eigenvalue weighted by atomic mass is 10.1. The number of non-ortho nitro benzene ring substituents is 1. The first-order chi connectivity index (χ1) is 13.4. The number of hydrogen-bond donors (Lipinski definition) is 0. The van der Waals surface area contributed by atoms with Crippen LogP contribution in [0.3, 0.4) is 0 Å². The normalized spacial score (nSPS) is 10.6. The van der Waals surface area contributed by atoms with E-state index in [-0.39, 0.29) is 22.4 Å². The van der Waals surface area contributed by atoms with Crippen molar-refractivity contribution in [3.63, 3.8) is 0 Å². The summed E-state index contributed by atoms with van der Waals surface area (Å²) in [5.41, 5.74) is 0.891. The molecule has 10 nitrogen and oxygen atoms in total. The molecule has 0 fully saturated rings. The summed E-state index contributed by atoms with van der Waals surface area (Å²) in [6.07, 6.45) is 0. The molecule has 0 saturated carbocycles. The van der Waals surface area contributed by atoms with E-state index in [0.717, 1.165) is 17.8 Å². The SMILES string of the molecule is COc1ccc(-c2nnc(SCc3cc([N+](=O)[O-])cc([N+](=O)[O-])c3C)o2)cc1. The minimum absolute atomic E-state index is 0.207. The Kier molecular flexibility index (Phi) is 5.54. The highest BCUT2D eigenvalue weighted by molar-refractivity contribution is 7.98. The molecular formula is C17H14N4O6S. The lowest BCUT2D eigenvalue weighted by molar-refractivity contribution is -0.394.